The number of aliphatic hydroxyl groups excluding tert-OH is 1. The predicted octanol–water partition coefficient (Wildman–Crippen LogP) is 3.30. The van der Waals surface area contributed by atoms with Crippen molar-refractivity contribution < 1.29 is 19.1 Å². The molecule has 2 aromatic rings. The Bertz CT molecular complexity index is 917. The van der Waals surface area contributed by atoms with E-state index in [4.69, 9.17) is 9.15 Å². The molecule has 1 aliphatic rings. The molecule has 0 aliphatic heterocycles. The number of rotatable bonds is 4. The van der Waals surface area contributed by atoms with Crippen LogP contribution in [0.1, 0.15) is 55.2 Å². The Labute approximate surface area is 164 Å². The van der Waals surface area contributed by atoms with Crippen molar-refractivity contribution in [3.05, 3.63) is 39.2 Å². The molecule has 1 fully saturated rings. The van der Waals surface area contributed by atoms with Gasteiger partial charge >= 0.3 is 5.63 Å². The fourth-order valence-corrected chi connectivity index (χ4v) is 3.83. The van der Waals surface area contributed by atoms with Gasteiger partial charge in [0, 0.05) is 5.56 Å². The van der Waals surface area contributed by atoms with E-state index in [0.29, 0.717) is 28.7 Å². The number of benzene rings is 1. The highest BCUT2D eigenvalue weighted by atomic mass is 16.5. The van der Waals surface area contributed by atoms with E-state index < -0.39 is 6.10 Å². The number of hydrogen-bond acceptors (Lipinski definition) is 5. The second-order valence-corrected chi connectivity index (χ2v) is 7.80. The molecule has 3 rings (SSSR count). The summed E-state index contributed by atoms with van der Waals surface area (Å²) >= 11 is 0. The summed E-state index contributed by atoms with van der Waals surface area (Å²) in [4.78, 5) is 24.4. The Morgan fingerprint density at radius 3 is 2.61 bits per heavy atom. The molecule has 0 saturated heterocycles. The van der Waals surface area contributed by atoms with Crippen LogP contribution >= 0.6 is 0 Å². The van der Waals surface area contributed by atoms with Crippen molar-refractivity contribution in [1.29, 1.82) is 0 Å². The van der Waals surface area contributed by atoms with Crippen LogP contribution in [0.2, 0.25) is 0 Å². The monoisotopic (exact) mass is 387 g/mol. The number of amides is 1. The molecule has 28 heavy (non-hydrogen) atoms. The summed E-state index contributed by atoms with van der Waals surface area (Å²) in [6.07, 6.45) is 5.25. The topological polar surface area (TPSA) is 88.8 Å². The maximum atomic E-state index is 12.4. The molecule has 0 spiro atoms. The third kappa shape index (κ3) is 4.55. The van der Waals surface area contributed by atoms with E-state index >= 15 is 0 Å². The number of carbonyl (C=O) groups excluding carboxylic acids is 1. The molecule has 6 nitrogen and oxygen atoms in total. The summed E-state index contributed by atoms with van der Waals surface area (Å²) in [5.41, 5.74) is 2.29. The fraction of sp³-hybridized carbons (Fsp3) is 0.545. The Morgan fingerprint density at radius 1 is 1.14 bits per heavy atom. The van der Waals surface area contributed by atoms with Crippen LogP contribution in [0.4, 0.5) is 0 Å². The lowest BCUT2D eigenvalue weighted by atomic mass is 9.94. The molecule has 1 aromatic carbocycles. The second kappa shape index (κ2) is 8.78. The van der Waals surface area contributed by atoms with Gasteiger partial charge in [0.05, 0.1) is 17.5 Å². The lowest BCUT2D eigenvalue weighted by Gasteiger charge is -2.26. The van der Waals surface area contributed by atoms with E-state index in [0.717, 1.165) is 43.2 Å². The van der Waals surface area contributed by atoms with Crippen molar-refractivity contribution in [3.8, 4) is 5.75 Å². The summed E-state index contributed by atoms with van der Waals surface area (Å²) in [6, 6.07) is 3.40. The van der Waals surface area contributed by atoms with E-state index in [1.54, 1.807) is 13.0 Å². The average Bonchev–Trinajstić information content (AvgIpc) is 2.63. The van der Waals surface area contributed by atoms with E-state index in [1.807, 2.05) is 19.9 Å². The van der Waals surface area contributed by atoms with E-state index in [1.165, 1.54) is 0 Å². The van der Waals surface area contributed by atoms with Crippen LogP contribution in [0.5, 0.6) is 5.75 Å². The van der Waals surface area contributed by atoms with Gasteiger partial charge in [-0.05, 0) is 56.9 Å². The number of nitrogens with one attached hydrogen (secondary N) is 1. The lowest BCUT2D eigenvalue weighted by molar-refractivity contribution is -0.124. The zero-order valence-corrected chi connectivity index (χ0v) is 16.8. The predicted molar refractivity (Wildman–Crippen MR) is 108 cm³/mol. The quantitative estimate of drug-likeness (QED) is 0.786. The molecular formula is C22H29NO5. The van der Waals surface area contributed by atoms with Gasteiger partial charge in [-0.25, -0.2) is 4.79 Å². The van der Waals surface area contributed by atoms with Crippen LogP contribution < -0.4 is 15.7 Å². The minimum absolute atomic E-state index is 0.153. The highest BCUT2D eigenvalue weighted by Gasteiger charge is 2.23. The molecule has 0 unspecified atom stereocenters. The molecule has 1 aromatic heterocycles. The van der Waals surface area contributed by atoms with Crippen LogP contribution in [-0.2, 0) is 4.79 Å². The molecule has 0 radical (unpaired) electrons. The highest BCUT2D eigenvalue weighted by Crippen LogP contribution is 2.30. The van der Waals surface area contributed by atoms with Gasteiger partial charge in [0.2, 0.25) is 0 Å². The number of ether oxygens (including phenoxy) is 1. The normalized spacial score (nSPS) is 20.4. The summed E-state index contributed by atoms with van der Waals surface area (Å²) in [7, 11) is 0. The first-order valence-corrected chi connectivity index (χ1v) is 10.0. The Kier molecular flexibility index (Phi) is 6.39. The zero-order valence-electron chi connectivity index (χ0n) is 16.8. The van der Waals surface area contributed by atoms with Crippen molar-refractivity contribution in [2.75, 3.05) is 6.61 Å². The Morgan fingerprint density at radius 2 is 1.86 bits per heavy atom. The van der Waals surface area contributed by atoms with Crippen molar-refractivity contribution in [1.82, 2.24) is 5.32 Å². The second-order valence-electron chi connectivity index (χ2n) is 7.80. The van der Waals surface area contributed by atoms with Gasteiger partial charge in [-0.2, -0.15) is 0 Å². The Balaban J connectivity index is 1.75. The van der Waals surface area contributed by atoms with Crippen molar-refractivity contribution in [2.45, 2.75) is 71.4 Å². The molecular weight excluding hydrogens is 358 g/mol. The first-order valence-electron chi connectivity index (χ1n) is 10.0. The largest absolute Gasteiger partial charge is 0.483 e. The SMILES string of the molecule is Cc1cc(OCC(=O)N[C@H]2CCCCCC[C@@H]2O)c2c(C)c(C)c(=O)oc2c1. The van der Waals surface area contributed by atoms with Gasteiger partial charge in [-0.15, -0.1) is 0 Å². The first-order chi connectivity index (χ1) is 13.4. The van der Waals surface area contributed by atoms with Crippen LogP contribution in [0, 0.1) is 20.8 Å². The van der Waals surface area contributed by atoms with Crippen LogP contribution in [0.15, 0.2) is 21.3 Å². The molecule has 6 heteroatoms. The highest BCUT2D eigenvalue weighted by molar-refractivity contribution is 5.88. The van der Waals surface area contributed by atoms with E-state index in [-0.39, 0.29) is 24.2 Å². The molecule has 1 heterocycles. The third-order valence-corrected chi connectivity index (χ3v) is 5.59. The smallest absolute Gasteiger partial charge is 0.339 e. The van der Waals surface area contributed by atoms with Crippen LogP contribution in [0.3, 0.4) is 0 Å². The number of carbonyl (C=O) groups is 1. The number of hydrogen-bond donors (Lipinski definition) is 2. The molecule has 1 saturated carbocycles. The van der Waals surface area contributed by atoms with Gasteiger partial charge in [-0.3, -0.25) is 4.79 Å². The summed E-state index contributed by atoms with van der Waals surface area (Å²) < 4.78 is 11.2. The van der Waals surface area contributed by atoms with Gasteiger partial charge in [0.25, 0.3) is 5.91 Å². The third-order valence-electron chi connectivity index (χ3n) is 5.59. The van der Waals surface area contributed by atoms with Gasteiger partial charge in [-0.1, -0.05) is 25.7 Å². The molecule has 2 N–H and O–H groups in total. The molecule has 1 aliphatic carbocycles. The fourth-order valence-electron chi connectivity index (χ4n) is 3.83. The van der Waals surface area contributed by atoms with Crippen LogP contribution in [0.25, 0.3) is 11.0 Å². The maximum Gasteiger partial charge on any atom is 0.339 e. The maximum absolute atomic E-state index is 12.4. The van der Waals surface area contributed by atoms with E-state index in [9.17, 15) is 14.7 Å². The molecule has 0 bridgehead atoms. The van der Waals surface area contributed by atoms with Crippen LogP contribution in [-0.4, -0.2) is 29.8 Å². The van der Waals surface area contributed by atoms with E-state index in [2.05, 4.69) is 5.32 Å². The first kappa shape index (κ1) is 20.4. The van der Waals surface area contributed by atoms with Crippen molar-refractivity contribution >= 4 is 16.9 Å². The summed E-state index contributed by atoms with van der Waals surface area (Å²) in [5, 5.41) is 13.9. The number of fused-ring (bicyclic) bond motifs is 1. The van der Waals surface area contributed by atoms with Gasteiger partial charge in [0.15, 0.2) is 6.61 Å². The van der Waals surface area contributed by atoms with Gasteiger partial charge < -0.3 is 19.6 Å². The zero-order chi connectivity index (χ0) is 20.3. The minimum Gasteiger partial charge on any atom is -0.483 e. The van der Waals surface area contributed by atoms with Gasteiger partial charge in [0.1, 0.15) is 11.3 Å². The summed E-state index contributed by atoms with van der Waals surface area (Å²) in [5.74, 6) is 0.263. The standard InChI is InChI=1S/C22H29NO5/c1-13-10-18(21-14(2)15(3)22(26)28-19(21)11-13)27-12-20(25)23-16-8-6-4-5-7-9-17(16)24/h10-11,16-17,24H,4-9,12H2,1-3H3,(H,23,25)/t16-,17-/m0/s1. The molecule has 1 amide bonds. The Hall–Kier alpha value is -2.34. The number of aryl methyl sites for hydroxylation is 2. The van der Waals surface area contributed by atoms with Crippen molar-refractivity contribution in [2.24, 2.45) is 0 Å². The molecule has 2 atom stereocenters. The average molecular weight is 387 g/mol. The minimum atomic E-state index is -0.511. The van der Waals surface area contributed by atoms with Crippen molar-refractivity contribution in [3.63, 3.8) is 0 Å². The molecule has 152 valence electrons. The summed E-state index contributed by atoms with van der Waals surface area (Å²) in [6.45, 7) is 5.29. The lowest BCUT2D eigenvalue weighted by Crippen LogP contribution is -2.45. The number of aliphatic hydroxyl groups is 1.